The molecule has 0 aliphatic rings. The molecule has 0 bridgehead atoms. The number of aromatic nitrogens is 1. The van der Waals surface area contributed by atoms with Gasteiger partial charge in [0.15, 0.2) is 5.96 Å². The number of aliphatic imine (C=N–C) groups is 1. The number of nitrogens with one attached hydrogen (secondary N) is 2. The second-order valence-electron chi connectivity index (χ2n) is 6.00. The maximum Gasteiger partial charge on any atom is 0.190 e. The van der Waals surface area contributed by atoms with Gasteiger partial charge < -0.3 is 15.5 Å². The van der Waals surface area contributed by atoms with Crippen LogP contribution in [0.15, 0.2) is 40.7 Å². The molecule has 144 valence electrons. The Morgan fingerprint density at radius 1 is 1.15 bits per heavy atom. The predicted molar refractivity (Wildman–Crippen MR) is 124 cm³/mol. The molecule has 0 saturated carbocycles. The van der Waals surface area contributed by atoms with Crippen molar-refractivity contribution in [2.75, 3.05) is 38.6 Å². The maximum absolute atomic E-state index is 4.47. The van der Waals surface area contributed by atoms with Crippen LogP contribution in [0.1, 0.15) is 23.5 Å². The summed E-state index contributed by atoms with van der Waals surface area (Å²) in [7, 11) is 3.95. The molecule has 0 fully saturated rings. The number of aryl methyl sites for hydroxylation is 1. The van der Waals surface area contributed by atoms with Gasteiger partial charge >= 0.3 is 0 Å². The lowest BCUT2D eigenvalue weighted by molar-refractivity contribution is 0.685. The maximum atomic E-state index is 4.47. The van der Waals surface area contributed by atoms with Crippen molar-refractivity contribution in [3.8, 4) is 0 Å². The summed E-state index contributed by atoms with van der Waals surface area (Å²) in [6.45, 7) is 4.87. The highest BCUT2D eigenvalue weighted by molar-refractivity contribution is 14.0. The van der Waals surface area contributed by atoms with E-state index in [1.165, 1.54) is 5.69 Å². The highest BCUT2D eigenvalue weighted by Gasteiger charge is 2.02. The van der Waals surface area contributed by atoms with Crippen LogP contribution in [0.2, 0.25) is 0 Å². The molecule has 0 amide bonds. The number of halogens is 1. The summed E-state index contributed by atoms with van der Waals surface area (Å²) in [5, 5.41) is 9.97. The van der Waals surface area contributed by atoms with Crippen molar-refractivity contribution in [3.63, 3.8) is 0 Å². The molecule has 1 heterocycles. The van der Waals surface area contributed by atoms with Gasteiger partial charge in [0.2, 0.25) is 0 Å². The van der Waals surface area contributed by atoms with E-state index in [-0.39, 0.29) is 24.0 Å². The summed E-state index contributed by atoms with van der Waals surface area (Å²) in [4.78, 5) is 11.0. The van der Waals surface area contributed by atoms with Crippen molar-refractivity contribution in [1.29, 1.82) is 0 Å². The Hall–Kier alpha value is -1.35. The van der Waals surface area contributed by atoms with Crippen LogP contribution in [-0.2, 0) is 6.42 Å². The van der Waals surface area contributed by atoms with Crippen LogP contribution >= 0.6 is 35.3 Å². The molecule has 0 aliphatic heterocycles. The number of anilines is 1. The van der Waals surface area contributed by atoms with Crippen LogP contribution in [0.4, 0.5) is 5.69 Å². The summed E-state index contributed by atoms with van der Waals surface area (Å²) < 4.78 is 0. The minimum absolute atomic E-state index is 0. The summed E-state index contributed by atoms with van der Waals surface area (Å²) in [6, 6.07) is 10.5. The van der Waals surface area contributed by atoms with Gasteiger partial charge in [0.05, 0.1) is 10.7 Å². The number of nitrogens with zero attached hydrogens (tertiary/aromatic N) is 3. The Morgan fingerprint density at radius 3 is 2.54 bits per heavy atom. The van der Waals surface area contributed by atoms with Gasteiger partial charge in [-0.2, -0.15) is 0 Å². The smallest absolute Gasteiger partial charge is 0.190 e. The topological polar surface area (TPSA) is 52.6 Å². The van der Waals surface area contributed by atoms with Crippen molar-refractivity contribution in [3.05, 3.63) is 46.4 Å². The third-order valence-corrected chi connectivity index (χ3v) is 4.80. The first-order chi connectivity index (χ1) is 12.2. The van der Waals surface area contributed by atoms with E-state index in [0.717, 1.165) is 55.6 Å². The van der Waals surface area contributed by atoms with E-state index in [1.54, 1.807) is 11.3 Å². The second kappa shape index (κ2) is 12.9. The fourth-order valence-electron chi connectivity index (χ4n) is 2.54. The SMILES string of the molecule is CN=C(NCCCCN(C)c1ccccc1)NCCc1csc(C)n1.I. The number of thiazole rings is 1. The molecule has 1 aromatic carbocycles. The molecule has 0 unspecified atom stereocenters. The van der Waals surface area contributed by atoms with E-state index in [1.807, 2.05) is 14.0 Å². The Labute approximate surface area is 178 Å². The van der Waals surface area contributed by atoms with Crippen LogP contribution in [0.25, 0.3) is 0 Å². The van der Waals surface area contributed by atoms with Gasteiger partial charge in [-0.15, -0.1) is 35.3 Å². The van der Waals surface area contributed by atoms with E-state index in [9.17, 15) is 0 Å². The first-order valence-electron chi connectivity index (χ1n) is 8.80. The molecule has 2 N–H and O–H groups in total. The largest absolute Gasteiger partial charge is 0.375 e. The van der Waals surface area contributed by atoms with E-state index >= 15 is 0 Å². The monoisotopic (exact) mass is 487 g/mol. The predicted octanol–water partition coefficient (Wildman–Crippen LogP) is 3.69. The zero-order valence-electron chi connectivity index (χ0n) is 15.9. The standard InChI is InChI=1S/C19H29N5S.HI/c1-16-23-17(15-25-16)11-13-22-19(20-2)21-12-7-8-14-24(3)18-9-5-4-6-10-18;/h4-6,9-10,15H,7-8,11-14H2,1-3H3,(H2,20,21,22);1H. The minimum Gasteiger partial charge on any atom is -0.375 e. The second-order valence-corrected chi connectivity index (χ2v) is 7.06. The van der Waals surface area contributed by atoms with Gasteiger partial charge in [-0.25, -0.2) is 4.98 Å². The van der Waals surface area contributed by atoms with Crippen LogP contribution in [0, 0.1) is 6.92 Å². The molecular formula is C19H30IN5S. The minimum atomic E-state index is 0. The number of rotatable bonds is 9. The molecule has 5 nitrogen and oxygen atoms in total. The highest BCUT2D eigenvalue weighted by atomic mass is 127. The van der Waals surface area contributed by atoms with Crippen molar-refractivity contribution >= 4 is 47.0 Å². The summed E-state index contributed by atoms with van der Waals surface area (Å²) in [5.41, 5.74) is 2.42. The van der Waals surface area contributed by atoms with Gasteiger partial charge in [0.1, 0.15) is 0 Å². The molecule has 2 rings (SSSR count). The van der Waals surface area contributed by atoms with Gasteiger partial charge in [-0.1, -0.05) is 18.2 Å². The molecule has 1 aromatic heterocycles. The van der Waals surface area contributed by atoms with Gasteiger partial charge in [0, 0.05) is 51.2 Å². The lowest BCUT2D eigenvalue weighted by atomic mass is 10.2. The first kappa shape index (κ1) is 22.7. The third-order valence-electron chi connectivity index (χ3n) is 3.97. The summed E-state index contributed by atoms with van der Waals surface area (Å²) in [5.74, 6) is 0.864. The van der Waals surface area contributed by atoms with Gasteiger partial charge in [-0.05, 0) is 31.9 Å². The van der Waals surface area contributed by atoms with Crippen molar-refractivity contribution < 1.29 is 0 Å². The lowest BCUT2D eigenvalue weighted by Crippen LogP contribution is -2.38. The zero-order chi connectivity index (χ0) is 17.9. The lowest BCUT2D eigenvalue weighted by Gasteiger charge is -2.19. The number of hydrogen-bond acceptors (Lipinski definition) is 4. The van der Waals surface area contributed by atoms with Crippen molar-refractivity contribution in [2.45, 2.75) is 26.2 Å². The molecule has 26 heavy (non-hydrogen) atoms. The molecule has 2 aromatic rings. The molecule has 0 saturated heterocycles. The van der Waals surface area contributed by atoms with Gasteiger partial charge in [-0.3, -0.25) is 4.99 Å². The zero-order valence-corrected chi connectivity index (χ0v) is 19.0. The number of benzene rings is 1. The Bertz CT molecular complexity index is 644. The van der Waals surface area contributed by atoms with E-state index in [0.29, 0.717) is 0 Å². The summed E-state index contributed by atoms with van der Waals surface area (Å²) >= 11 is 1.70. The molecule has 0 spiro atoms. The summed E-state index contributed by atoms with van der Waals surface area (Å²) in [6.07, 6.45) is 3.18. The van der Waals surface area contributed by atoms with Crippen molar-refractivity contribution in [1.82, 2.24) is 15.6 Å². The van der Waals surface area contributed by atoms with Gasteiger partial charge in [0.25, 0.3) is 0 Å². The van der Waals surface area contributed by atoms with Crippen LogP contribution in [0.3, 0.4) is 0 Å². The number of para-hydroxylation sites is 1. The van der Waals surface area contributed by atoms with Crippen molar-refractivity contribution in [2.24, 2.45) is 4.99 Å². The molecule has 0 radical (unpaired) electrons. The van der Waals surface area contributed by atoms with E-state index in [4.69, 9.17) is 0 Å². The van der Waals surface area contributed by atoms with Crippen LogP contribution in [0.5, 0.6) is 0 Å². The van der Waals surface area contributed by atoms with Crippen LogP contribution in [-0.4, -0.2) is 44.7 Å². The fraction of sp³-hybridized carbons (Fsp3) is 0.474. The average Bonchev–Trinajstić information content (AvgIpc) is 3.05. The average molecular weight is 487 g/mol. The number of guanidine groups is 1. The molecule has 7 heteroatoms. The Kier molecular flexibility index (Phi) is 11.3. The fourth-order valence-corrected chi connectivity index (χ4v) is 3.19. The molecule has 0 atom stereocenters. The third kappa shape index (κ3) is 8.35. The van der Waals surface area contributed by atoms with E-state index in [2.05, 4.69) is 68.3 Å². The normalized spacial score (nSPS) is 11.0. The number of hydrogen-bond donors (Lipinski definition) is 2. The quantitative estimate of drug-likeness (QED) is 0.245. The first-order valence-corrected chi connectivity index (χ1v) is 9.68. The molecule has 0 aliphatic carbocycles. The highest BCUT2D eigenvalue weighted by Crippen LogP contribution is 2.11. The van der Waals surface area contributed by atoms with E-state index < -0.39 is 0 Å². The van der Waals surface area contributed by atoms with Crippen LogP contribution < -0.4 is 15.5 Å². The Morgan fingerprint density at radius 2 is 1.88 bits per heavy atom. The molecular weight excluding hydrogens is 457 g/mol. The Balaban J connectivity index is 0.00000338. The number of unbranched alkanes of at least 4 members (excludes halogenated alkanes) is 1.